The second-order valence-electron chi connectivity index (χ2n) is 2.54. The maximum absolute atomic E-state index is 10.6. The summed E-state index contributed by atoms with van der Waals surface area (Å²) in [6.45, 7) is 0. The van der Waals surface area contributed by atoms with Gasteiger partial charge >= 0.3 is 0 Å². The van der Waals surface area contributed by atoms with Crippen molar-refractivity contribution >= 4 is 27.3 Å². The van der Waals surface area contributed by atoms with Crippen LogP contribution in [0.25, 0.3) is 10.1 Å². The molecule has 1 heterocycles. The van der Waals surface area contributed by atoms with Crippen LogP contribution in [0.15, 0.2) is 12.1 Å². The molecular weight excluding hydrogens is 202 g/mol. The number of aromatic nitrogens is 1. The van der Waals surface area contributed by atoms with Gasteiger partial charge in [-0.05, 0) is 17.6 Å². The van der Waals surface area contributed by atoms with Crippen LogP contribution >= 0.6 is 11.5 Å². The minimum Gasteiger partial charge on any atom is -0.258 e. The molecule has 0 aliphatic heterocycles. The maximum Gasteiger partial charge on any atom is 0.290 e. The number of nitro groups is 1. The van der Waals surface area contributed by atoms with Crippen molar-refractivity contribution in [1.29, 1.82) is 5.26 Å². The van der Waals surface area contributed by atoms with Crippen LogP contribution in [0.1, 0.15) is 5.56 Å². The molecule has 0 fully saturated rings. The summed E-state index contributed by atoms with van der Waals surface area (Å²) in [5.41, 5.74) is 0.165. The van der Waals surface area contributed by atoms with Crippen molar-refractivity contribution in [1.82, 2.24) is 4.37 Å². The second kappa shape index (κ2) is 3.05. The van der Waals surface area contributed by atoms with E-state index in [2.05, 4.69) is 10.6 Å². The van der Waals surface area contributed by atoms with Gasteiger partial charge in [-0.3, -0.25) is 10.1 Å². The number of hydrogen-bond donors (Lipinski definition) is 0. The third-order valence-corrected chi connectivity index (χ3v) is 2.49. The lowest BCUT2D eigenvalue weighted by molar-refractivity contribution is -0.382. The van der Waals surface area contributed by atoms with E-state index in [4.69, 9.17) is 5.26 Å². The van der Waals surface area contributed by atoms with Crippen LogP contribution in [0.5, 0.6) is 0 Å². The van der Waals surface area contributed by atoms with E-state index in [0.717, 1.165) is 11.5 Å². The minimum absolute atomic E-state index is 0.0854. The first-order valence-corrected chi connectivity index (χ1v) is 4.35. The van der Waals surface area contributed by atoms with Crippen LogP contribution in [0, 0.1) is 27.6 Å². The molecule has 0 atom stereocenters. The molecular formula is C8H2N3O2S. The fraction of sp³-hybridized carbons (Fsp3) is 0. The van der Waals surface area contributed by atoms with Gasteiger partial charge in [-0.15, -0.1) is 0 Å². The molecule has 0 saturated heterocycles. The van der Waals surface area contributed by atoms with Crippen molar-refractivity contribution in [3.63, 3.8) is 0 Å². The van der Waals surface area contributed by atoms with Gasteiger partial charge in [0.15, 0.2) is 0 Å². The summed E-state index contributed by atoms with van der Waals surface area (Å²) in [5.74, 6) is 0. The molecule has 5 nitrogen and oxygen atoms in total. The third-order valence-electron chi connectivity index (χ3n) is 1.70. The van der Waals surface area contributed by atoms with Gasteiger partial charge in [-0.2, -0.15) is 9.64 Å². The highest BCUT2D eigenvalue weighted by Crippen LogP contribution is 2.29. The smallest absolute Gasteiger partial charge is 0.258 e. The third kappa shape index (κ3) is 1.20. The Hall–Kier alpha value is -2.00. The maximum atomic E-state index is 10.6. The van der Waals surface area contributed by atoms with Crippen molar-refractivity contribution in [2.24, 2.45) is 0 Å². The fourth-order valence-corrected chi connectivity index (χ4v) is 1.78. The Bertz CT molecular complexity index is 555. The normalized spacial score (nSPS) is 9.93. The molecule has 1 radical (unpaired) electrons. The van der Waals surface area contributed by atoms with Crippen molar-refractivity contribution < 1.29 is 4.92 Å². The molecule has 0 N–H and O–H groups in total. The lowest BCUT2D eigenvalue weighted by atomic mass is 10.2. The number of fused-ring (bicyclic) bond motifs is 1. The molecule has 0 aliphatic carbocycles. The first-order valence-electron chi connectivity index (χ1n) is 3.58. The van der Waals surface area contributed by atoms with Crippen LogP contribution in [0.2, 0.25) is 0 Å². The van der Waals surface area contributed by atoms with E-state index in [1.54, 1.807) is 0 Å². The summed E-state index contributed by atoms with van der Waals surface area (Å²) >= 11 is 1.00. The largest absolute Gasteiger partial charge is 0.290 e. The van der Waals surface area contributed by atoms with Crippen LogP contribution in [-0.4, -0.2) is 9.30 Å². The number of nitriles is 1. The number of nitrogens with zero attached hydrogens (tertiary/aromatic N) is 3. The Morgan fingerprint density at radius 1 is 1.64 bits per heavy atom. The summed E-state index contributed by atoms with van der Waals surface area (Å²) in [7, 11) is 0. The van der Waals surface area contributed by atoms with Gasteiger partial charge in [-0.25, -0.2) is 0 Å². The van der Waals surface area contributed by atoms with E-state index in [1.807, 2.05) is 6.07 Å². The van der Waals surface area contributed by atoms with Crippen LogP contribution in [0.3, 0.4) is 0 Å². The number of hydrogen-bond acceptors (Lipinski definition) is 5. The molecule has 14 heavy (non-hydrogen) atoms. The zero-order valence-electron chi connectivity index (χ0n) is 6.72. The summed E-state index contributed by atoms with van der Waals surface area (Å²) in [4.78, 5) is 10.1. The molecule has 1 aromatic carbocycles. The molecule has 0 bridgehead atoms. The van der Waals surface area contributed by atoms with Gasteiger partial charge in [0.05, 0.1) is 16.6 Å². The van der Waals surface area contributed by atoms with E-state index in [1.165, 1.54) is 12.1 Å². The van der Waals surface area contributed by atoms with Gasteiger partial charge in [0.2, 0.25) is 0 Å². The van der Waals surface area contributed by atoms with Gasteiger partial charge in [0.25, 0.3) is 5.69 Å². The first kappa shape index (κ1) is 8.59. The number of rotatable bonds is 1. The number of nitro benzene ring substituents is 1. The van der Waals surface area contributed by atoms with Gasteiger partial charge < -0.3 is 0 Å². The van der Waals surface area contributed by atoms with Crippen LogP contribution in [-0.2, 0) is 0 Å². The Morgan fingerprint density at radius 3 is 3.07 bits per heavy atom. The highest BCUT2D eigenvalue weighted by Gasteiger charge is 2.15. The topological polar surface area (TPSA) is 79.8 Å². The van der Waals surface area contributed by atoms with E-state index in [0.29, 0.717) is 10.1 Å². The van der Waals surface area contributed by atoms with Crippen LogP contribution < -0.4 is 0 Å². The molecule has 0 aliphatic rings. The number of non-ortho nitro benzene ring substituents is 1. The van der Waals surface area contributed by atoms with Crippen molar-refractivity contribution in [2.75, 3.05) is 0 Å². The van der Waals surface area contributed by atoms with Crippen molar-refractivity contribution in [2.45, 2.75) is 0 Å². The van der Waals surface area contributed by atoms with Crippen molar-refractivity contribution in [3.8, 4) is 6.07 Å². The molecule has 0 unspecified atom stereocenters. The zero-order chi connectivity index (χ0) is 10.1. The standard InChI is InChI=1S/C8H2N3O2S/c9-3-5-1-6-4-10-14-8(6)7(2-5)11(12)13/h1-2H. The molecule has 0 amide bonds. The van der Waals surface area contributed by atoms with E-state index >= 15 is 0 Å². The quantitative estimate of drug-likeness (QED) is 0.524. The Labute approximate surface area is 82.5 Å². The van der Waals surface area contributed by atoms with E-state index < -0.39 is 4.92 Å². The lowest BCUT2D eigenvalue weighted by Crippen LogP contribution is -1.88. The monoisotopic (exact) mass is 204 g/mol. The summed E-state index contributed by atoms with van der Waals surface area (Å²) in [6, 6.07) is 4.63. The Kier molecular flexibility index (Phi) is 1.87. The highest BCUT2D eigenvalue weighted by molar-refractivity contribution is 7.13. The molecule has 2 rings (SSSR count). The predicted molar refractivity (Wildman–Crippen MR) is 49.8 cm³/mol. The molecule has 67 valence electrons. The molecule has 1 aromatic heterocycles. The van der Waals surface area contributed by atoms with Crippen LogP contribution in [0.4, 0.5) is 5.69 Å². The minimum atomic E-state index is -0.519. The molecule has 0 spiro atoms. The average Bonchev–Trinajstić information content (AvgIpc) is 2.63. The van der Waals surface area contributed by atoms with Gasteiger partial charge in [0.1, 0.15) is 10.9 Å². The van der Waals surface area contributed by atoms with E-state index in [-0.39, 0.29) is 11.3 Å². The summed E-state index contributed by atoms with van der Waals surface area (Å²) in [6.07, 6.45) is 2.60. The lowest BCUT2D eigenvalue weighted by Gasteiger charge is -1.93. The summed E-state index contributed by atoms with van der Waals surface area (Å²) < 4.78 is 4.18. The number of benzene rings is 1. The van der Waals surface area contributed by atoms with E-state index in [9.17, 15) is 10.1 Å². The molecule has 6 heteroatoms. The van der Waals surface area contributed by atoms with Crippen molar-refractivity contribution in [3.05, 3.63) is 34.0 Å². The molecule has 2 aromatic rings. The van der Waals surface area contributed by atoms with Gasteiger partial charge in [0, 0.05) is 11.5 Å². The fourth-order valence-electron chi connectivity index (χ4n) is 1.11. The Morgan fingerprint density at radius 2 is 2.43 bits per heavy atom. The van der Waals surface area contributed by atoms with Gasteiger partial charge in [-0.1, -0.05) is 0 Å². The SMILES string of the molecule is N#Cc1cc([N+](=O)[O-])c2sn[c]c2c1. The summed E-state index contributed by atoms with van der Waals surface area (Å²) in [5, 5.41) is 19.8. The zero-order valence-corrected chi connectivity index (χ0v) is 7.54. The average molecular weight is 204 g/mol. The Balaban J connectivity index is 2.85. The second-order valence-corrected chi connectivity index (χ2v) is 3.31. The first-order chi connectivity index (χ1) is 6.72. The molecule has 0 saturated carbocycles. The predicted octanol–water partition coefficient (Wildman–Crippen LogP) is 1.88. The highest BCUT2D eigenvalue weighted by atomic mass is 32.1.